The normalized spacial score (nSPS) is 25.5. The maximum atomic E-state index is 14.0. The van der Waals surface area contributed by atoms with Gasteiger partial charge in [0.05, 0.1) is 29.1 Å². The number of dihydropyridines is 1. The maximum Gasteiger partial charge on any atom is 0.414 e. The summed E-state index contributed by atoms with van der Waals surface area (Å²) < 4.78 is 47.4. The van der Waals surface area contributed by atoms with E-state index in [1.54, 1.807) is 11.0 Å². The molecule has 1 aliphatic carbocycles. The van der Waals surface area contributed by atoms with Crippen LogP contribution in [-0.4, -0.2) is 88.5 Å². The standard InChI is InChI=1S/C35H46F3N3O6/c1-2-9-27-24(10-6-20-41(27)31(43)29-26(35(36,37)38)12-5-19-39-29)30(42)40-21-17-34(46,18-22-40)25-11-3-4-13-28(25)47-23-8-16-33(32(44)45)14-7-15-33/h3-4,11-13,19,24,27,29,46H,2,5-10,14-18,20-23H2,1H3,(H,44,45). The van der Waals surface area contributed by atoms with Crippen molar-refractivity contribution in [3.63, 3.8) is 0 Å². The van der Waals surface area contributed by atoms with Crippen LogP contribution in [0.25, 0.3) is 0 Å². The van der Waals surface area contributed by atoms with Gasteiger partial charge in [0.15, 0.2) is 6.04 Å². The van der Waals surface area contributed by atoms with Crippen molar-refractivity contribution in [2.75, 3.05) is 26.2 Å². The summed E-state index contributed by atoms with van der Waals surface area (Å²) >= 11 is 0. The molecule has 3 aliphatic heterocycles. The number of aliphatic imine (C=N–C) groups is 1. The number of hydrogen-bond acceptors (Lipinski definition) is 6. The minimum atomic E-state index is -4.67. The van der Waals surface area contributed by atoms with E-state index in [0.717, 1.165) is 12.5 Å². The number of alkyl halides is 3. The van der Waals surface area contributed by atoms with Crippen molar-refractivity contribution in [3.8, 4) is 5.75 Å². The van der Waals surface area contributed by atoms with Gasteiger partial charge in [0.2, 0.25) is 5.91 Å². The SMILES string of the molecule is CCCC1C(C(=O)N2CCC(O)(c3ccccc3OCCCC3(C(=O)O)CCC3)CC2)CCCN1C(=O)C1N=CCC=C1C(F)(F)F. The fraction of sp³-hybridized carbons (Fsp3) is 0.657. The number of carboxylic acid groups (broad SMARTS) is 1. The lowest BCUT2D eigenvalue weighted by atomic mass is 9.66. The summed E-state index contributed by atoms with van der Waals surface area (Å²) in [5.74, 6) is -1.62. The largest absolute Gasteiger partial charge is 0.493 e. The van der Waals surface area contributed by atoms with Crippen LogP contribution in [0.4, 0.5) is 13.2 Å². The summed E-state index contributed by atoms with van der Waals surface area (Å²) in [5, 5.41) is 21.4. The van der Waals surface area contributed by atoms with E-state index >= 15 is 0 Å². The van der Waals surface area contributed by atoms with Crippen molar-refractivity contribution in [1.29, 1.82) is 0 Å². The van der Waals surface area contributed by atoms with E-state index < -0.39 is 52.6 Å². The highest BCUT2D eigenvalue weighted by molar-refractivity contribution is 5.89. The van der Waals surface area contributed by atoms with Gasteiger partial charge < -0.3 is 24.7 Å². The minimum Gasteiger partial charge on any atom is -0.493 e. The minimum absolute atomic E-state index is 0.0173. The van der Waals surface area contributed by atoms with Crippen molar-refractivity contribution in [2.45, 2.75) is 108 Å². The average molecular weight is 662 g/mol. The molecule has 1 aromatic rings. The Morgan fingerprint density at radius 1 is 1.04 bits per heavy atom. The Bertz CT molecular complexity index is 1370. The summed E-state index contributed by atoms with van der Waals surface area (Å²) in [5.41, 5.74) is -2.20. The molecule has 47 heavy (non-hydrogen) atoms. The molecule has 3 fully saturated rings. The predicted octanol–water partition coefficient (Wildman–Crippen LogP) is 5.65. The van der Waals surface area contributed by atoms with Crippen LogP contribution in [0.15, 0.2) is 40.9 Å². The van der Waals surface area contributed by atoms with Crippen LogP contribution < -0.4 is 4.74 Å². The fourth-order valence-corrected chi connectivity index (χ4v) is 7.78. The Morgan fingerprint density at radius 3 is 2.40 bits per heavy atom. The van der Waals surface area contributed by atoms with Crippen LogP contribution in [-0.2, 0) is 20.0 Å². The van der Waals surface area contributed by atoms with E-state index in [9.17, 15) is 37.8 Å². The first-order chi connectivity index (χ1) is 22.4. The number of allylic oxidation sites excluding steroid dienone is 1. The van der Waals surface area contributed by atoms with Gasteiger partial charge in [0.1, 0.15) is 5.75 Å². The van der Waals surface area contributed by atoms with Crippen molar-refractivity contribution in [2.24, 2.45) is 16.3 Å². The van der Waals surface area contributed by atoms with E-state index in [-0.39, 0.29) is 44.8 Å². The zero-order valence-corrected chi connectivity index (χ0v) is 27.0. The van der Waals surface area contributed by atoms with Gasteiger partial charge in [-0.25, -0.2) is 0 Å². The third-order valence-corrected chi connectivity index (χ3v) is 10.6. The molecule has 12 heteroatoms. The van der Waals surface area contributed by atoms with E-state index in [2.05, 4.69) is 4.99 Å². The van der Waals surface area contributed by atoms with Crippen molar-refractivity contribution < 1.29 is 42.5 Å². The van der Waals surface area contributed by atoms with E-state index in [1.165, 1.54) is 11.1 Å². The number of amides is 2. The number of piperidine rings is 2. The molecular weight excluding hydrogens is 615 g/mol. The lowest BCUT2D eigenvalue weighted by molar-refractivity contribution is -0.155. The molecule has 3 unspecified atom stereocenters. The van der Waals surface area contributed by atoms with Crippen molar-refractivity contribution in [3.05, 3.63) is 41.5 Å². The van der Waals surface area contributed by atoms with Gasteiger partial charge in [-0.1, -0.05) is 44.0 Å². The topological polar surface area (TPSA) is 120 Å². The van der Waals surface area contributed by atoms with E-state index in [1.807, 2.05) is 25.1 Å². The lowest BCUT2D eigenvalue weighted by Crippen LogP contribution is -2.57. The zero-order valence-electron chi connectivity index (χ0n) is 27.0. The highest BCUT2D eigenvalue weighted by Gasteiger charge is 2.48. The zero-order chi connectivity index (χ0) is 33.8. The second-order valence-corrected chi connectivity index (χ2v) is 13.5. The number of aliphatic carboxylic acids is 1. The Balaban J connectivity index is 1.22. The maximum absolute atomic E-state index is 14.0. The number of nitrogens with zero attached hydrogens (tertiary/aromatic N) is 3. The number of ether oxygens (including phenoxy) is 1. The number of aliphatic hydroxyl groups is 1. The molecule has 0 aromatic heterocycles. The highest BCUT2D eigenvalue weighted by Crippen LogP contribution is 2.45. The number of rotatable bonds is 11. The molecule has 1 saturated carbocycles. The quantitative estimate of drug-likeness (QED) is 0.234. The Morgan fingerprint density at radius 2 is 1.77 bits per heavy atom. The second kappa shape index (κ2) is 14.4. The summed E-state index contributed by atoms with van der Waals surface area (Å²) in [6.45, 7) is 3.09. The van der Waals surface area contributed by atoms with Crippen LogP contribution in [0.1, 0.15) is 89.5 Å². The van der Waals surface area contributed by atoms with Gasteiger partial charge in [0, 0.05) is 43.9 Å². The first-order valence-corrected chi connectivity index (χ1v) is 17.0. The monoisotopic (exact) mass is 661 g/mol. The summed E-state index contributed by atoms with van der Waals surface area (Å²) in [6, 6.07) is 5.07. The van der Waals surface area contributed by atoms with Crippen LogP contribution >= 0.6 is 0 Å². The Hall–Kier alpha value is -3.41. The van der Waals surface area contributed by atoms with Gasteiger partial charge in [-0.3, -0.25) is 19.4 Å². The average Bonchev–Trinajstić information content (AvgIpc) is 3.03. The highest BCUT2D eigenvalue weighted by atomic mass is 19.4. The number of halogens is 3. The molecule has 9 nitrogen and oxygen atoms in total. The third-order valence-electron chi connectivity index (χ3n) is 10.6. The predicted molar refractivity (Wildman–Crippen MR) is 169 cm³/mol. The molecule has 3 atom stereocenters. The van der Waals surface area contributed by atoms with Gasteiger partial charge in [-0.2, -0.15) is 13.2 Å². The molecule has 258 valence electrons. The number of likely N-dealkylation sites (tertiary alicyclic amines) is 2. The number of benzene rings is 1. The molecule has 1 aromatic carbocycles. The summed E-state index contributed by atoms with van der Waals surface area (Å²) in [4.78, 5) is 46.4. The first-order valence-electron chi connectivity index (χ1n) is 17.0. The van der Waals surface area contributed by atoms with Crippen LogP contribution in [0, 0.1) is 11.3 Å². The number of para-hydroxylation sites is 1. The molecule has 4 aliphatic rings. The Kier molecular flexibility index (Phi) is 10.7. The third kappa shape index (κ3) is 7.37. The van der Waals surface area contributed by atoms with Gasteiger partial charge in [-0.05, 0) is 63.9 Å². The van der Waals surface area contributed by atoms with Crippen LogP contribution in [0.2, 0.25) is 0 Å². The van der Waals surface area contributed by atoms with Crippen molar-refractivity contribution >= 4 is 24.0 Å². The fourth-order valence-electron chi connectivity index (χ4n) is 7.78. The van der Waals surface area contributed by atoms with Crippen molar-refractivity contribution in [1.82, 2.24) is 9.80 Å². The molecular formula is C35H46F3N3O6. The molecule has 5 rings (SSSR count). The molecule has 2 N–H and O–H groups in total. The number of carboxylic acids is 1. The molecule has 2 amide bonds. The molecule has 2 saturated heterocycles. The number of carbonyl (C=O) groups is 3. The van der Waals surface area contributed by atoms with E-state index in [4.69, 9.17) is 4.74 Å². The van der Waals surface area contributed by atoms with E-state index in [0.29, 0.717) is 69.3 Å². The van der Waals surface area contributed by atoms with Gasteiger partial charge in [0.25, 0.3) is 5.91 Å². The lowest BCUT2D eigenvalue weighted by Gasteiger charge is -2.45. The number of hydrogen-bond donors (Lipinski definition) is 2. The first kappa shape index (κ1) is 34.9. The molecule has 0 radical (unpaired) electrons. The summed E-state index contributed by atoms with van der Waals surface area (Å²) in [6.07, 6.45) is 3.84. The molecule has 3 heterocycles. The Labute approximate surface area is 273 Å². The number of carbonyl (C=O) groups excluding carboxylic acids is 2. The van der Waals surface area contributed by atoms with Gasteiger partial charge >= 0.3 is 12.1 Å². The van der Waals surface area contributed by atoms with Gasteiger partial charge in [-0.15, -0.1) is 0 Å². The molecule has 0 bridgehead atoms. The summed E-state index contributed by atoms with van der Waals surface area (Å²) in [7, 11) is 0. The second-order valence-electron chi connectivity index (χ2n) is 13.5. The van der Waals surface area contributed by atoms with Crippen LogP contribution in [0.3, 0.4) is 0 Å². The smallest absolute Gasteiger partial charge is 0.414 e. The van der Waals surface area contributed by atoms with Crippen LogP contribution in [0.5, 0.6) is 5.75 Å². The molecule has 0 spiro atoms.